The predicted molar refractivity (Wildman–Crippen MR) is 111 cm³/mol. The molecular weight excluding hydrogens is 366 g/mol. The quantitative estimate of drug-likeness (QED) is 0.412. The highest BCUT2D eigenvalue weighted by Gasteiger charge is 2.34. The van der Waals surface area contributed by atoms with Crippen LogP contribution < -0.4 is 14.4 Å². The molecule has 1 aliphatic heterocycles. The summed E-state index contributed by atoms with van der Waals surface area (Å²) in [5.41, 5.74) is 1.55. The van der Waals surface area contributed by atoms with Gasteiger partial charge < -0.3 is 9.47 Å². The molecule has 1 amide bonds. The Labute approximate surface area is 162 Å². The molecule has 1 fully saturated rings. The summed E-state index contributed by atoms with van der Waals surface area (Å²) in [6.07, 6.45) is 3.52. The molecule has 6 heteroatoms. The molecule has 1 aliphatic rings. The number of thiocarbonyl (C=S) groups is 1. The van der Waals surface area contributed by atoms with Crippen LogP contribution in [0.1, 0.15) is 5.56 Å². The van der Waals surface area contributed by atoms with Crippen LogP contribution in [0.15, 0.2) is 66.1 Å². The van der Waals surface area contributed by atoms with Crippen molar-refractivity contribution in [3.63, 3.8) is 0 Å². The van der Waals surface area contributed by atoms with Crippen LogP contribution in [-0.4, -0.2) is 23.9 Å². The number of anilines is 1. The van der Waals surface area contributed by atoms with E-state index in [1.165, 1.54) is 16.7 Å². The van der Waals surface area contributed by atoms with Gasteiger partial charge in [0.05, 0.1) is 17.7 Å². The van der Waals surface area contributed by atoms with Crippen molar-refractivity contribution in [2.75, 3.05) is 18.6 Å². The van der Waals surface area contributed by atoms with Crippen LogP contribution in [0.3, 0.4) is 0 Å². The lowest BCUT2D eigenvalue weighted by molar-refractivity contribution is -0.113. The molecule has 0 bridgehead atoms. The van der Waals surface area contributed by atoms with Crippen molar-refractivity contribution >= 4 is 46.0 Å². The third kappa shape index (κ3) is 3.81. The molecule has 0 atom stereocenters. The molecule has 26 heavy (non-hydrogen) atoms. The van der Waals surface area contributed by atoms with Gasteiger partial charge >= 0.3 is 0 Å². The van der Waals surface area contributed by atoms with Crippen LogP contribution in [-0.2, 0) is 4.79 Å². The Hall–Kier alpha value is -2.57. The van der Waals surface area contributed by atoms with Crippen molar-refractivity contribution in [1.82, 2.24) is 0 Å². The molecule has 0 saturated carbocycles. The van der Waals surface area contributed by atoms with Crippen LogP contribution in [0.4, 0.5) is 5.69 Å². The van der Waals surface area contributed by atoms with Crippen LogP contribution in [0.5, 0.6) is 11.5 Å². The fourth-order valence-corrected chi connectivity index (χ4v) is 3.74. The maximum Gasteiger partial charge on any atom is 0.270 e. The second kappa shape index (κ2) is 8.21. The lowest BCUT2D eigenvalue weighted by Crippen LogP contribution is -2.27. The standard InChI is InChI=1S/C20H17NO3S2/c1-3-12-24-15-10-8-14(9-11-15)13-18-19(22)21(20(25)26-18)16-6-4-5-7-17(16)23-2/h3-11,13H,1,12H2,2H3/b18-13-. The molecule has 1 saturated heterocycles. The Morgan fingerprint density at radius 1 is 1.19 bits per heavy atom. The van der Waals surface area contributed by atoms with Crippen molar-refractivity contribution in [1.29, 1.82) is 0 Å². The fourth-order valence-electron chi connectivity index (χ4n) is 2.46. The summed E-state index contributed by atoms with van der Waals surface area (Å²) in [6, 6.07) is 14.8. The minimum absolute atomic E-state index is 0.156. The van der Waals surface area contributed by atoms with Gasteiger partial charge in [0, 0.05) is 0 Å². The largest absolute Gasteiger partial charge is 0.495 e. The number of hydrogen-bond acceptors (Lipinski definition) is 5. The topological polar surface area (TPSA) is 38.8 Å². The molecule has 0 radical (unpaired) electrons. The lowest BCUT2D eigenvalue weighted by Gasteiger charge is -2.17. The highest BCUT2D eigenvalue weighted by atomic mass is 32.2. The van der Waals surface area contributed by atoms with E-state index in [0.29, 0.717) is 27.3 Å². The second-order valence-electron chi connectivity index (χ2n) is 5.36. The Balaban J connectivity index is 1.84. The summed E-state index contributed by atoms with van der Waals surface area (Å²) in [5.74, 6) is 1.20. The maximum absolute atomic E-state index is 12.9. The summed E-state index contributed by atoms with van der Waals surface area (Å²) >= 11 is 6.69. The maximum atomic E-state index is 12.9. The van der Waals surface area contributed by atoms with Gasteiger partial charge in [-0.25, -0.2) is 0 Å². The third-order valence-corrected chi connectivity index (χ3v) is 4.97. The first-order valence-corrected chi connectivity index (χ1v) is 9.11. The highest BCUT2D eigenvalue weighted by Crippen LogP contribution is 2.39. The van der Waals surface area contributed by atoms with Crippen LogP contribution in [0.2, 0.25) is 0 Å². The first-order valence-electron chi connectivity index (χ1n) is 7.89. The SMILES string of the molecule is C=CCOc1ccc(/C=C2\SC(=S)N(c3ccccc3OC)C2=O)cc1. The minimum Gasteiger partial charge on any atom is -0.495 e. The number of para-hydroxylation sites is 2. The smallest absolute Gasteiger partial charge is 0.270 e. The van der Waals surface area contributed by atoms with Gasteiger partial charge in [0.1, 0.15) is 18.1 Å². The van der Waals surface area contributed by atoms with Crippen molar-refractivity contribution in [2.45, 2.75) is 0 Å². The summed E-state index contributed by atoms with van der Waals surface area (Å²) in [7, 11) is 1.57. The monoisotopic (exact) mass is 383 g/mol. The zero-order valence-electron chi connectivity index (χ0n) is 14.2. The number of hydrogen-bond donors (Lipinski definition) is 0. The Bertz CT molecular complexity index is 875. The zero-order chi connectivity index (χ0) is 18.5. The molecule has 0 spiro atoms. The molecule has 132 valence electrons. The van der Waals surface area contributed by atoms with E-state index in [9.17, 15) is 4.79 Å². The van der Waals surface area contributed by atoms with E-state index < -0.39 is 0 Å². The number of amides is 1. The van der Waals surface area contributed by atoms with Crippen molar-refractivity contribution in [2.24, 2.45) is 0 Å². The number of thioether (sulfide) groups is 1. The molecule has 0 aromatic heterocycles. The van der Waals surface area contributed by atoms with Gasteiger partial charge in [0.2, 0.25) is 0 Å². The number of carbonyl (C=O) groups is 1. The van der Waals surface area contributed by atoms with Crippen molar-refractivity contribution in [3.05, 3.63) is 71.7 Å². The summed E-state index contributed by atoms with van der Waals surface area (Å²) in [4.78, 5) is 14.9. The van der Waals surface area contributed by atoms with Crippen molar-refractivity contribution < 1.29 is 14.3 Å². The number of rotatable bonds is 6. The first-order chi connectivity index (χ1) is 12.6. The Morgan fingerprint density at radius 2 is 1.92 bits per heavy atom. The van der Waals surface area contributed by atoms with Gasteiger partial charge in [-0.2, -0.15) is 0 Å². The Morgan fingerprint density at radius 3 is 2.62 bits per heavy atom. The highest BCUT2D eigenvalue weighted by molar-refractivity contribution is 8.27. The van der Waals surface area contributed by atoms with E-state index >= 15 is 0 Å². The fraction of sp³-hybridized carbons (Fsp3) is 0.100. The zero-order valence-corrected chi connectivity index (χ0v) is 15.8. The number of methoxy groups -OCH3 is 1. The van der Waals surface area contributed by atoms with Gasteiger partial charge in [0.25, 0.3) is 5.91 Å². The number of benzene rings is 2. The van der Waals surface area contributed by atoms with Gasteiger partial charge in [-0.1, -0.05) is 60.9 Å². The molecule has 0 unspecified atom stereocenters. The number of ether oxygens (including phenoxy) is 2. The van der Waals surface area contributed by atoms with Gasteiger partial charge in [-0.05, 0) is 35.9 Å². The lowest BCUT2D eigenvalue weighted by atomic mass is 10.2. The number of nitrogens with zero attached hydrogens (tertiary/aromatic N) is 1. The second-order valence-corrected chi connectivity index (χ2v) is 7.03. The summed E-state index contributed by atoms with van der Waals surface area (Å²) in [5, 5.41) is 0. The minimum atomic E-state index is -0.156. The van der Waals surface area contributed by atoms with Crippen LogP contribution >= 0.6 is 24.0 Å². The van der Waals surface area contributed by atoms with Crippen LogP contribution in [0.25, 0.3) is 6.08 Å². The summed E-state index contributed by atoms with van der Waals surface area (Å²) < 4.78 is 11.3. The van der Waals surface area contributed by atoms with E-state index in [1.807, 2.05) is 48.5 Å². The molecule has 2 aromatic carbocycles. The third-order valence-electron chi connectivity index (χ3n) is 3.67. The van der Waals surface area contributed by atoms with E-state index in [1.54, 1.807) is 19.3 Å². The Kier molecular flexibility index (Phi) is 5.75. The molecule has 0 aliphatic carbocycles. The molecular formula is C20H17NO3S2. The number of carbonyl (C=O) groups excluding carboxylic acids is 1. The average Bonchev–Trinajstić information content (AvgIpc) is 2.94. The molecule has 0 N–H and O–H groups in total. The molecule has 4 nitrogen and oxygen atoms in total. The molecule has 1 heterocycles. The summed E-state index contributed by atoms with van der Waals surface area (Å²) in [6.45, 7) is 4.08. The van der Waals surface area contributed by atoms with Gasteiger partial charge in [-0.3, -0.25) is 9.69 Å². The van der Waals surface area contributed by atoms with Gasteiger partial charge in [0.15, 0.2) is 4.32 Å². The normalized spacial score (nSPS) is 15.4. The van der Waals surface area contributed by atoms with E-state index in [0.717, 1.165) is 11.3 Å². The molecule has 2 aromatic rings. The van der Waals surface area contributed by atoms with Crippen LogP contribution in [0, 0.1) is 0 Å². The van der Waals surface area contributed by atoms with Gasteiger partial charge in [-0.15, -0.1) is 0 Å². The average molecular weight is 383 g/mol. The predicted octanol–water partition coefficient (Wildman–Crippen LogP) is 4.67. The van der Waals surface area contributed by atoms with E-state index in [-0.39, 0.29) is 5.91 Å². The molecule has 3 rings (SSSR count). The van der Waals surface area contributed by atoms with E-state index in [4.69, 9.17) is 21.7 Å². The first kappa shape index (κ1) is 18.2. The van der Waals surface area contributed by atoms with E-state index in [2.05, 4.69) is 6.58 Å². The van der Waals surface area contributed by atoms with Crippen molar-refractivity contribution in [3.8, 4) is 11.5 Å².